The Bertz CT molecular complexity index is 584. The Morgan fingerprint density at radius 3 is 2.50 bits per heavy atom. The van der Waals surface area contributed by atoms with Crippen LogP contribution < -0.4 is 0 Å². The van der Waals surface area contributed by atoms with Gasteiger partial charge in [0.25, 0.3) is 0 Å². The molecular weight excluding hydrogens is 300 g/mol. The van der Waals surface area contributed by atoms with Gasteiger partial charge in [-0.15, -0.1) is 6.58 Å². The fraction of sp³-hybridized carbons (Fsp3) is 0.810. The van der Waals surface area contributed by atoms with E-state index in [-0.39, 0.29) is 22.9 Å². The van der Waals surface area contributed by atoms with Crippen molar-refractivity contribution in [1.29, 1.82) is 0 Å². The Balaban J connectivity index is 1.74. The maximum Gasteiger partial charge on any atom is 0.0881 e. The zero-order valence-corrected chi connectivity index (χ0v) is 15.0. The second-order valence-electron chi connectivity index (χ2n) is 9.41. The molecule has 4 rings (SSSR count). The fourth-order valence-corrected chi connectivity index (χ4v) is 7.02. The molecular formula is C21H32O3. The molecule has 0 saturated heterocycles. The molecule has 4 aliphatic carbocycles. The summed E-state index contributed by atoms with van der Waals surface area (Å²) in [5.74, 6) is 1.03. The first-order valence-corrected chi connectivity index (χ1v) is 9.68. The van der Waals surface area contributed by atoms with E-state index in [9.17, 15) is 15.3 Å². The molecule has 0 spiro atoms. The van der Waals surface area contributed by atoms with Crippen LogP contribution in [0.5, 0.6) is 0 Å². The molecule has 0 unspecified atom stereocenters. The predicted molar refractivity (Wildman–Crippen MR) is 94.2 cm³/mol. The molecule has 3 saturated carbocycles. The summed E-state index contributed by atoms with van der Waals surface area (Å²) in [6.45, 7) is 8.47. The molecule has 0 aromatic carbocycles. The summed E-state index contributed by atoms with van der Waals surface area (Å²) in [4.78, 5) is 0. The molecule has 0 aromatic rings. The predicted octanol–water partition coefficient (Wildman–Crippen LogP) is 3.20. The largest absolute Gasteiger partial charge is 0.393 e. The van der Waals surface area contributed by atoms with Crippen molar-refractivity contribution in [1.82, 2.24) is 0 Å². The van der Waals surface area contributed by atoms with Crippen molar-refractivity contribution >= 4 is 0 Å². The molecule has 3 nitrogen and oxygen atoms in total. The lowest BCUT2D eigenvalue weighted by atomic mass is 9.46. The van der Waals surface area contributed by atoms with E-state index in [0.29, 0.717) is 11.8 Å². The van der Waals surface area contributed by atoms with E-state index in [1.165, 1.54) is 5.57 Å². The van der Waals surface area contributed by atoms with Gasteiger partial charge >= 0.3 is 0 Å². The van der Waals surface area contributed by atoms with Crippen LogP contribution in [-0.4, -0.2) is 33.1 Å². The molecule has 24 heavy (non-hydrogen) atoms. The quantitative estimate of drug-likeness (QED) is 0.646. The second-order valence-corrected chi connectivity index (χ2v) is 9.41. The zero-order valence-electron chi connectivity index (χ0n) is 15.0. The van der Waals surface area contributed by atoms with E-state index in [1.807, 2.05) is 0 Å². The highest BCUT2D eigenvalue weighted by Crippen LogP contribution is 2.67. The number of fused-ring (bicyclic) bond motifs is 5. The minimum Gasteiger partial charge on any atom is -0.393 e. The standard InChI is InChI=1S/C21H32O3/c1-4-21(24)10-7-16-18-15(6-9-20(16,21)3)19(2)8-5-14(22)11-13(19)12-17(18)23/h4,12,14-18,22-24H,1,5-11H2,2-3H3/t14-,15+,16+,17+,18-,19+,20+,21+/m1/s1. The lowest BCUT2D eigenvalue weighted by Gasteiger charge is -2.59. The first kappa shape index (κ1) is 16.8. The molecule has 3 N–H and O–H groups in total. The molecule has 0 radical (unpaired) electrons. The summed E-state index contributed by atoms with van der Waals surface area (Å²) in [6.07, 6.45) is 9.50. The van der Waals surface area contributed by atoms with Gasteiger partial charge in [0.2, 0.25) is 0 Å². The minimum atomic E-state index is -0.796. The van der Waals surface area contributed by atoms with Gasteiger partial charge in [0.05, 0.1) is 17.8 Å². The first-order valence-electron chi connectivity index (χ1n) is 9.68. The van der Waals surface area contributed by atoms with Gasteiger partial charge in [-0.1, -0.05) is 31.6 Å². The lowest BCUT2D eigenvalue weighted by Crippen LogP contribution is -2.57. The van der Waals surface area contributed by atoms with Crippen LogP contribution in [0.2, 0.25) is 0 Å². The van der Waals surface area contributed by atoms with Crippen LogP contribution in [0.1, 0.15) is 58.8 Å². The molecule has 0 aliphatic heterocycles. The van der Waals surface area contributed by atoms with Crippen LogP contribution in [-0.2, 0) is 0 Å². The SMILES string of the molecule is C=C[C@]1(O)CC[C@H]2[C@@H]3[C@@H](O)C=C4C[C@H](O)CC[C@]4(C)[C@H]3CC[C@@]21C. The van der Waals surface area contributed by atoms with Crippen molar-refractivity contribution in [3.63, 3.8) is 0 Å². The third-order valence-corrected chi connectivity index (χ3v) is 8.66. The van der Waals surface area contributed by atoms with E-state index in [2.05, 4.69) is 26.5 Å². The molecule has 0 aromatic heterocycles. The molecule has 3 heteroatoms. The topological polar surface area (TPSA) is 60.7 Å². The van der Waals surface area contributed by atoms with E-state index >= 15 is 0 Å². The maximum absolute atomic E-state index is 11.1. The van der Waals surface area contributed by atoms with Crippen molar-refractivity contribution < 1.29 is 15.3 Å². The number of aliphatic hydroxyl groups excluding tert-OH is 2. The second kappa shape index (κ2) is 5.18. The van der Waals surface area contributed by atoms with Gasteiger partial charge in [0, 0.05) is 5.41 Å². The van der Waals surface area contributed by atoms with E-state index in [4.69, 9.17) is 0 Å². The van der Waals surface area contributed by atoms with Crippen molar-refractivity contribution in [2.45, 2.75) is 76.6 Å². The van der Waals surface area contributed by atoms with Gasteiger partial charge < -0.3 is 15.3 Å². The van der Waals surface area contributed by atoms with Gasteiger partial charge in [-0.25, -0.2) is 0 Å². The van der Waals surface area contributed by atoms with Crippen LogP contribution in [0.25, 0.3) is 0 Å². The van der Waals surface area contributed by atoms with Gasteiger partial charge in [-0.05, 0) is 68.1 Å². The Morgan fingerprint density at radius 2 is 1.79 bits per heavy atom. The number of hydrogen-bond donors (Lipinski definition) is 3. The molecule has 3 fully saturated rings. The first-order chi connectivity index (χ1) is 11.2. The third-order valence-electron chi connectivity index (χ3n) is 8.66. The van der Waals surface area contributed by atoms with Crippen LogP contribution >= 0.6 is 0 Å². The summed E-state index contributed by atoms with van der Waals surface area (Å²) < 4.78 is 0. The monoisotopic (exact) mass is 332 g/mol. The van der Waals surface area contributed by atoms with Gasteiger partial charge in [-0.3, -0.25) is 0 Å². The Labute approximate surface area is 145 Å². The van der Waals surface area contributed by atoms with Crippen LogP contribution in [0.15, 0.2) is 24.3 Å². The highest BCUT2D eigenvalue weighted by Gasteiger charge is 2.64. The Kier molecular flexibility index (Phi) is 3.63. The average Bonchev–Trinajstić information content (AvgIpc) is 2.82. The van der Waals surface area contributed by atoms with Gasteiger partial charge in [-0.2, -0.15) is 0 Å². The fourth-order valence-electron chi connectivity index (χ4n) is 7.02. The summed E-state index contributed by atoms with van der Waals surface area (Å²) in [5, 5.41) is 32.2. The summed E-state index contributed by atoms with van der Waals surface area (Å²) in [7, 11) is 0. The van der Waals surface area contributed by atoms with Gasteiger partial charge in [0.1, 0.15) is 0 Å². The number of aliphatic hydroxyl groups is 3. The Morgan fingerprint density at radius 1 is 1.08 bits per heavy atom. The average molecular weight is 332 g/mol. The highest BCUT2D eigenvalue weighted by atomic mass is 16.3. The molecule has 4 aliphatic rings. The van der Waals surface area contributed by atoms with Crippen LogP contribution in [0.4, 0.5) is 0 Å². The van der Waals surface area contributed by atoms with Crippen LogP contribution in [0.3, 0.4) is 0 Å². The van der Waals surface area contributed by atoms with Crippen LogP contribution in [0, 0.1) is 28.6 Å². The number of rotatable bonds is 1. The smallest absolute Gasteiger partial charge is 0.0881 e. The summed E-state index contributed by atoms with van der Waals surface area (Å²) in [5.41, 5.74) is 0.415. The van der Waals surface area contributed by atoms with Crippen molar-refractivity contribution in [2.75, 3.05) is 0 Å². The minimum absolute atomic E-state index is 0.110. The highest BCUT2D eigenvalue weighted by molar-refractivity contribution is 5.29. The lowest BCUT2D eigenvalue weighted by molar-refractivity contribution is -0.126. The molecule has 0 amide bonds. The summed E-state index contributed by atoms with van der Waals surface area (Å²) in [6, 6.07) is 0. The van der Waals surface area contributed by atoms with Gasteiger partial charge in [0.15, 0.2) is 0 Å². The summed E-state index contributed by atoms with van der Waals surface area (Å²) >= 11 is 0. The maximum atomic E-state index is 11.1. The zero-order chi connectivity index (χ0) is 17.3. The van der Waals surface area contributed by atoms with Crippen molar-refractivity contribution in [3.8, 4) is 0 Å². The molecule has 0 bridgehead atoms. The normalized spacial score (nSPS) is 56.7. The van der Waals surface area contributed by atoms with E-state index < -0.39 is 11.7 Å². The molecule has 0 heterocycles. The molecule has 134 valence electrons. The third kappa shape index (κ3) is 1.95. The van der Waals surface area contributed by atoms with E-state index in [1.54, 1.807) is 6.08 Å². The van der Waals surface area contributed by atoms with Crippen molar-refractivity contribution in [3.05, 3.63) is 24.3 Å². The molecule has 8 atom stereocenters. The van der Waals surface area contributed by atoms with Crippen molar-refractivity contribution in [2.24, 2.45) is 28.6 Å². The van der Waals surface area contributed by atoms with E-state index in [0.717, 1.165) is 44.9 Å². The number of hydrogen-bond acceptors (Lipinski definition) is 3. The Hall–Kier alpha value is -0.640.